The third-order valence-corrected chi connectivity index (χ3v) is 14.9. The zero-order valence-electron chi connectivity index (χ0n) is 36.5. The first kappa shape index (κ1) is 46.7. The van der Waals surface area contributed by atoms with E-state index in [1.165, 1.54) is 18.2 Å². The van der Waals surface area contributed by atoms with Crippen molar-refractivity contribution in [1.29, 1.82) is 0 Å². The molecule has 1 unspecified atom stereocenters. The van der Waals surface area contributed by atoms with Crippen molar-refractivity contribution < 1.29 is 60.1 Å². The van der Waals surface area contributed by atoms with Crippen molar-refractivity contribution in [2.75, 3.05) is 34.0 Å². The lowest BCUT2D eigenvalue weighted by atomic mass is 9.88. The maximum absolute atomic E-state index is 14.9. The SMILES string of the molecule is COCCOc1cnc(O[C@@H]2C[C@H]3C(=O)N[C@]4(C(=O)NS(=O)(=O)C5(C)CC5)CC4/C=C\CC[C@@H](C)C[C@@H](C)[C@H](NC(=O)OC(C)(C)C(C)(F)F)C(=O)N3C2)c2ccc(OC)cc12. The highest BCUT2D eigenvalue weighted by Crippen LogP contribution is 2.48. The fraction of sp³-hybridized carbons (Fsp3) is 0.651. The van der Waals surface area contributed by atoms with Gasteiger partial charge >= 0.3 is 6.09 Å². The smallest absolute Gasteiger partial charge is 0.408 e. The fourth-order valence-corrected chi connectivity index (χ4v) is 9.29. The summed E-state index contributed by atoms with van der Waals surface area (Å²) in [5, 5.41) is 6.53. The summed E-state index contributed by atoms with van der Waals surface area (Å²) in [7, 11) is -1.00. The highest BCUT2D eigenvalue weighted by atomic mass is 32.2. The minimum Gasteiger partial charge on any atom is -0.497 e. The number of nitrogens with zero attached hydrogens (tertiary/aromatic N) is 2. The number of alkyl carbamates (subject to hydrolysis) is 1. The van der Waals surface area contributed by atoms with Crippen LogP contribution in [0.1, 0.15) is 86.5 Å². The molecule has 4 aliphatic rings. The molecular weight excluding hydrogens is 833 g/mol. The lowest BCUT2D eigenvalue weighted by Gasteiger charge is -2.35. The van der Waals surface area contributed by atoms with Gasteiger partial charge in [-0.15, -0.1) is 0 Å². The molecule has 1 aromatic carbocycles. The zero-order valence-corrected chi connectivity index (χ0v) is 37.4. The molecule has 2 aliphatic heterocycles. The number of sulfonamides is 1. The highest BCUT2D eigenvalue weighted by Gasteiger charge is 2.63. The summed E-state index contributed by atoms with van der Waals surface area (Å²) in [4.78, 5) is 62.7. The normalized spacial score (nSPS) is 28.3. The molecule has 1 saturated heterocycles. The predicted octanol–water partition coefficient (Wildman–Crippen LogP) is 5.03. The number of nitrogens with one attached hydrogen (secondary N) is 3. The van der Waals surface area contributed by atoms with E-state index < -0.39 is 85.7 Å². The molecule has 19 heteroatoms. The first-order valence-corrected chi connectivity index (χ1v) is 22.5. The first-order chi connectivity index (χ1) is 29.0. The average Bonchev–Trinajstić information content (AvgIpc) is 4.08. The second kappa shape index (κ2) is 17.8. The Morgan fingerprint density at radius 3 is 2.45 bits per heavy atom. The molecule has 7 atom stereocenters. The van der Waals surface area contributed by atoms with E-state index in [9.17, 15) is 36.4 Å². The van der Waals surface area contributed by atoms with Crippen LogP contribution in [0.3, 0.4) is 0 Å². The Hall–Kier alpha value is -4.78. The van der Waals surface area contributed by atoms with Crippen molar-refractivity contribution in [3.8, 4) is 17.4 Å². The summed E-state index contributed by atoms with van der Waals surface area (Å²) in [6.07, 6.45) is 5.50. The molecule has 2 saturated carbocycles. The van der Waals surface area contributed by atoms with Gasteiger partial charge in [-0.2, -0.15) is 0 Å². The van der Waals surface area contributed by atoms with Crippen LogP contribution in [0.5, 0.6) is 17.4 Å². The van der Waals surface area contributed by atoms with Crippen LogP contribution in [-0.2, 0) is 33.9 Å². The van der Waals surface area contributed by atoms with Crippen LogP contribution in [0.4, 0.5) is 13.6 Å². The number of hydrogen-bond acceptors (Lipinski definition) is 12. The third kappa shape index (κ3) is 9.87. The number of hydrogen-bond donors (Lipinski definition) is 3. The van der Waals surface area contributed by atoms with E-state index in [1.807, 2.05) is 19.1 Å². The van der Waals surface area contributed by atoms with E-state index >= 15 is 0 Å². The molecule has 3 fully saturated rings. The monoisotopic (exact) mass is 891 g/mol. The first-order valence-electron chi connectivity index (χ1n) is 21.0. The van der Waals surface area contributed by atoms with E-state index in [4.69, 9.17) is 23.7 Å². The molecule has 0 radical (unpaired) electrons. The van der Waals surface area contributed by atoms with Gasteiger partial charge in [0.05, 0.1) is 31.2 Å². The molecule has 16 nitrogen and oxygen atoms in total. The van der Waals surface area contributed by atoms with Gasteiger partial charge in [0.2, 0.25) is 27.7 Å². The van der Waals surface area contributed by atoms with Crippen molar-refractivity contribution >= 4 is 44.6 Å². The molecule has 3 N–H and O–H groups in total. The zero-order chi connectivity index (χ0) is 45.4. The van der Waals surface area contributed by atoms with Crippen LogP contribution in [0, 0.1) is 17.8 Å². The Labute approximate surface area is 361 Å². The van der Waals surface area contributed by atoms with Gasteiger partial charge in [0, 0.05) is 37.1 Å². The number of ether oxygens (including phenoxy) is 5. The fourth-order valence-electron chi connectivity index (χ4n) is 7.97. The molecule has 2 aliphatic carbocycles. The van der Waals surface area contributed by atoms with Crippen molar-refractivity contribution in [3.05, 3.63) is 36.5 Å². The van der Waals surface area contributed by atoms with Gasteiger partial charge in [0.15, 0.2) is 5.60 Å². The second-order valence-electron chi connectivity index (χ2n) is 18.1. The summed E-state index contributed by atoms with van der Waals surface area (Å²) in [5.74, 6) is -5.73. The molecule has 0 bridgehead atoms. The van der Waals surface area contributed by atoms with E-state index in [0.717, 1.165) is 13.8 Å². The number of carbonyl (C=O) groups excluding carboxylic acids is 4. The second-order valence-corrected chi connectivity index (χ2v) is 20.2. The van der Waals surface area contributed by atoms with Crippen molar-refractivity contribution in [1.82, 2.24) is 25.2 Å². The third-order valence-electron chi connectivity index (χ3n) is 12.8. The van der Waals surface area contributed by atoms with Gasteiger partial charge in [-0.3, -0.25) is 19.1 Å². The Balaban J connectivity index is 1.36. The maximum Gasteiger partial charge on any atom is 0.408 e. The summed E-state index contributed by atoms with van der Waals surface area (Å²) >= 11 is 0. The number of fused-ring (bicyclic) bond motifs is 3. The number of pyridine rings is 1. The molecule has 2 aromatic rings. The van der Waals surface area contributed by atoms with Gasteiger partial charge in [-0.1, -0.05) is 26.0 Å². The Bertz CT molecular complexity index is 2180. The summed E-state index contributed by atoms with van der Waals surface area (Å²) in [5.41, 5.74) is -3.87. The van der Waals surface area contributed by atoms with Crippen LogP contribution in [0.2, 0.25) is 0 Å². The summed E-state index contributed by atoms with van der Waals surface area (Å²) in [6.45, 7) is 8.40. The molecule has 0 spiro atoms. The van der Waals surface area contributed by atoms with Crippen molar-refractivity contribution in [2.45, 2.75) is 126 Å². The quantitative estimate of drug-likeness (QED) is 0.179. The number of aromatic nitrogens is 1. The average molecular weight is 892 g/mol. The minimum atomic E-state index is -4.08. The number of methoxy groups -OCH3 is 2. The molecule has 1 aromatic heterocycles. The molecular formula is C43H59F2N5O11S. The number of rotatable bonds is 13. The highest BCUT2D eigenvalue weighted by molar-refractivity contribution is 7.91. The van der Waals surface area contributed by atoms with E-state index in [-0.39, 0.29) is 37.8 Å². The van der Waals surface area contributed by atoms with Crippen molar-refractivity contribution in [3.63, 3.8) is 0 Å². The Morgan fingerprint density at radius 1 is 1.06 bits per heavy atom. The molecule has 6 rings (SSSR count). The van der Waals surface area contributed by atoms with E-state index in [2.05, 4.69) is 20.3 Å². The van der Waals surface area contributed by atoms with Crippen LogP contribution in [-0.4, -0.2) is 116 Å². The standard InChI is InChI=1S/C43H59F2N5O11S/c1-25-11-9-10-12-27-22-43(27,38(53)49-62(55,56)41(5)15-16-41)48-35(51)32-21-29(60-36-30-14-13-28(58-8)20-31(30)33(23-46-36)59-18-17-57-7)24-50(32)37(52)34(26(2)19-25)47-39(54)61-40(3,4)42(6,44)45/h10,12-14,20,23,25-27,29,32,34H,9,11,15-19,21-22,24H2,1-8H3,(H,47,54)(H,48,51)(H,49,53)/b12-10-/t25-,26-,27?,29-,32+,34+,43-/m1/s1. The summed E-state index contributed by atoms with van der Waals surface area (Å²) < 4.78 is 84.8. The number of halogens is 2. The van der Waals surface area contributed by atoms with Gasteiger partial charge in [-0.05, 0) is 89.3 Å². The van der Waals surface area contributed by atoms with Crippen LogP contribution in [0.25, 0.3) is 10.8 Å². The van der Waals surface area contributed by atoms with Crippen LogP contribution in [0.15, 0.2) is 36.5 Å². The maximum atomic E-state index is 14.9. The minimum absolute atomic E-state index is 0.00523. The lowest BCUT2D eigenvalue weighted by molar-refractivity contribution is -0.152. The molecule has 3 heterocycles. The van der Waals surface area contributed by atoms with Gasteiger partial charge in [-0.25, -0.2) is 27.0 Å². The van der Waals surface area contributed by atoms with Gasteiger partial charge < -0.3 is 39.2 Å². The lowest BCUT2D eigenvalue weighted by Crippen LogP contribution is -2.59. The van der Waals surface area contributed by atoms with Crippen molar-refractivity contribution in [2.24, 2.45) is 17.8 Å². The predicted molar refractivity (Wildman–Crippen MR) is 223 cm³/mol. The number of allylic oxidation sites excluding steroid dienone is 1. The topological polar surface area (TPSA) is 201 Å². The Morgan fingerprint density at radius 2 is 1.79 bits per heavy atom. The number of carbonyl (C=O) groups is 4. The molecule has 4 amide bonds. The molecule has 62 heavy (non-hydrogen) atoms. The number of alkyl halides is 2. The Kier molecular flexibility index (Phi) is 13.4. The summed E-state index contributed by atoms with van der Waals surface area (Å²) in [6, 6.07) is 2.57. The number of amides is 4. The van der Waals surface area contributed by atoms with Crippen LogP contribution >= 0.6 is 0 Å². The molecule has 342 valence electrons. The van der Waals surface area contributed by atoms with Gasteiger partial charge in [0.1, 0.15) is 41.8 Å². The van der Waals surface area contributed by atoms with E-state index in [1.54, 1.807) is 39.2 Å². The van der Waals surface area contributed by atoms with Crippen LogP contribution < -0.4 is 29.6 Å². The number of benzene rings is 1. The van der Waals surface area contributed by atoms with Gasteiger partial charge in [0.25, 0.3) is 11.8 Å². The van der Waals surface area contributed by atoms with E-state index in [0.29, 0.717) is 67.9 Å². The largest absolute Gasteiger partial charge is 0.497 e.